The molecule has 9 heteroatoms. The second-order valence-corrected chi connectivity index (χ2v) is 12.0. The summed E-state index contributed by atoms with van der Waals surface area (Å²) in [5, 5.41) is 3.41. The summed E-state index contributed by atoms with van der Waals surface area (Å²) in [7, 11) is -0.571. The van der Waals surface area contributed by atoms with Gasteiger partial charge in [-0.2, -0.15) is 0 Å². The van der Waals surface area contributed by atoms with Crippen LogP contribution in [0, 0.1) is 0 Å². The molecule has 1 unspecified atom stereocenters. The van der Waals surface area contributed by atoms with Crippen LogP contribution in [0.4, 0.5) is 15.9 Å². The summed E-state index contributed by atoms with van der Waals surface area (Å²) in [4.78, 5) is 20.9. The number of amides is 1. The molecule has 4 rings (SSSR count). The molecular formula is C27H30FN5O2S. The fourth-order valence-electron chi connectivity index (χ4n) is 4.44. The van der Waals surface area contributed by atoms with Gasteiger partial charge in [0.05, 0.1) is 11.1 Å². The zero-order valence-corrected chi connectivity index (χ0v) is 21.7. The van der Waals surface area contributed by atoms with Gasteiger partial charge in [0, 0.05) is 40.2 Å². The average Bonchev–Trinajstić information content (AvgIpc) is 3.17. The van der Waals surface area contributed by atoms with Crippen molar-refractivity contribution in [2.75, 3.05) is 22.6 Å². The fourth-order valence-corrected chi connectivity index (χ4v) is 6.31. The Balaban J connectivity index is 1.90. The van der Waals surface area contributed by atoms with Gasteiger partial charge in [0.15, 0.2) is 6.17 Å². The molecule has 1 aliphatic carbocycles. The maximum atomic E-state index is 15.5. The molecule has 1 atom stereocenters. The Hall–Kier alpha value is -3.72. The molecule has 1 aliphatic rings. The first-order valence-electron chi connectivity index (χ1n) is 11.7. The van der Waals surface area contributed by atoms with Gasteiger partial charge in [0.1, 0.15) is 17.8 Å². The van der Waals surface area contributed by atoms with E-state index in [-0.39, 0.29) is 11.7 Å². The van der Waals surface area contributed by atoms with Crippen LogP contribution in [0.5, 0.6) is 0 Å². The molecule has 7 nitrogen and oxygen atoms in total. The Morgan fingerprint density at radius 1 is 1.19 bits per heavy atom. The Bertz CT molecular complexity index is 1550. The molecule has 2 aromatic heterocycles. The van der Waals surface area contributed by atoms with Crippen molar-refractivity contribution in [2.24, 2.45) is 7.05 Å². The maximum Gasteiger partial charge on any atom is 0.250 e. The van der Waals surface area contributed by atoms with Crippen LogP contribution < -0.4 is 11.1 Å². The van der Waals surface area contributed by atoms with E-state index in [1.165, 1.54) is 12.4 Å². The number of hydrogen-bond donors (Lipinski definition) is 2. The number of rotatable bonds is 6. The SMILES string of the molecule is C=C(C)C(=O)Nc1ccc(-c2c(C3=CC(F)C(=S(=O)(CC)CC)C=C3)c3c(N)ncnc3n2C)cc1. The molecule has 3 aromatic rings. The highest BCUT2D eigenvalue weighted by molar-refractivity contribution is 8.02. The number of carbonyl (C=O) groups is 1. The first-order valence-corrected chi connectivity index (χ1v) is 13.6. The molecule has 0 saturated carbocycles. The van der Waals surface area contributed by atoms with Crippen molar-refractivity contribution < 1.29 is 13.4 Å². The molecule has 0 fully saturated rings. The molecule has 36 heavy (non-hydrogen) atoms. The number of benzene rings is 1. The van der Waals surface area contributed by atoms with E-state index in [1.807, 2.05) is 37.6 Å². The highest BCUT2D eigenvalue weighted by Gasteiger charge is 2.27. The highest BCUT2D eigenvalue weighted by Crippen LogP contribution is 2.40. The van der Waals surface area contributed by atoms with Crippen molar-refractivity contribution in [1.82, 2.24) is 14.5 Å². The summed E-state index contributed by atoms with van der Waals surface area (Å²) in [5.74, 6) is 0.806. The number of halogens is 1. The van der Waals surface area contributed by atoms with Crippen molar-refractivity contribution in [3.8, 4) is 11.3 Å². The minimum absolute atomic E-state index is 0.259. The number of nitrogens with two attached hydrogens (primary N) is 1. The van der Waals surface area contributed by atoms with E-state index in [1.54, 1.807) is 31.2 Å². The number of nitrogens with one attached hydrogen (secondary N) is 1. The third-order valence-electron chi connectivity index (χ3n) is 6.48. The summed E-state index contributed by atoms with van der Waals surface area (Å²) in [5.41, 5.74) is 10.8. The summed E-state index contributed by atoms with van der Waals surface area (Å²) in [6.07, 6.45) is 4.85. The van der Waals surface area contributed by atoms with Crippen LogP contribution in [0.15, 0.2) is 61.0 Å². The van der Waals surface area contributed by atoms with Gasteiger partial charge in [0.25, 0.3) is 5.91 Å². The zero-order valence-electron chi connectivity index (χ0n) is 20.8. The van der Waals surface area contributed by atoms with Gasteiger partial charge < -0.3 is 15.6 Å². The lowest BCUT2D eigenvalue weighted by atomic mass is 9.94. The van der Waals surface area contributed by atoms with E-state index in [0.717, 1.165) is 11.3 Å². The Labute approximate surface area is 210 Å². The quantitative estimate of drug-likeness (QED) is 0.377. The van der Waals surface area contributed by atoms with E-state index < -0.39 is 15.7 Å². The third-order valence-corrected chi connectivity index (χ3v) is 9.56. The monoisotopic (exact) mass is 507 g/mol. The highest BCUT2D eigenvalue weighted by atomic mass is 32.2. The first-order chi connectivity index (χ1) is 17.1. The molecule has 1 amide bonds. The smallest absolute Gasteiger partial charge is 0.250 e. The van der Waals surface area contributed by atoms with E-state index in [2.05, 4.69) is 21.9 Å². The topological polar surface area (TPSA) is 103 Å². The minimum atomic E-state index is -2.44. The van der Waals surface area contributed by atoms with Gasteiger partial charge in [-0.05, 0) is 51.9 Å². The van der Waals surface area contributed by atoms with Crippen LogP contribution in [0.1, 0.15) is 26.3 Å². The van der Waals surface area contributed by atoms with Crippen LogP contribution in [-0.4, -0.2) is 47.2 Å². The molecule has 2 heterocycles. The maximum absolute atomic E-state index is 15.5. The van der Waals surface area contributed by atoms with Crippen LogP contribution in [0.3, 0.4) is 0 Å². The zero-order chi connectivity index (χ0) is 26.2. The second kappa shape index (κ2) is 9.73. The number of carbonyl (C=O) groups excluding carboxylic acids is 1. The number of fused-ring (bicyclic) bond motifs is 1. The van der Waals surface area contributed by atoms with E-state index in [4.69, 9.17) is 5.73 Å². The molecule has 1 aromatic carbocycles. The van der Waals surface area contributed by atoms with Gasteiger partial charge in [-0.1, -0.05) is 38.6 Å². The Morgan fingerprint density at radius 3 is 2.44 bits per heavy atom. The predicted molar refractivity (Wildman–Crippen MR) is 148 cm³/mol. The number of nitrogens with zero attached hydrogens (tertiary/aromatic N) is 3. The third kappa shape index (κ3) is 4.35. The van der Waals surface area contributed by atoms with Gasteiger partial charge in [0.2, 0.25) is 0 Å². The number of anilines is 2. The predicted octanol–water partition coefficient (Wildman–Crippen LogP) is 4.52. The Kier molecular flexibility index (Phi) is 6.86. The van der Waals surface area contributed by atoms with Crippen molar-refractivity contribution in [2.45, 2.75) is 26.9 Å². The van der Waals surface area contributed by atoms with Crippen LogP contribution >= 0.6 is 0 Å². The van der Waals surface area contributed by atoms with E-state index in [9.17, 15) is 9.00 Å². The van der Waals surface area contributed by atoms with Crippen molar-refractivity contribution in [1.29, 1.82) is 0 Å². The Morgan fingerprint density at radius 2 is 1.86 bits per heavy atom. The van der Waals surface area contributed by atoms with Crippen molar-refractivity contribution in [3.05, 3.63) is 66.5 Å². The normalized spacial score (nSPS) is 15.8. The lowest BCUT2D eigenvalue weighted by Gasteiger charge is -2.19. The second-order valence-electron chi connectivity index (χ2n) is 8.70. The standard InChI is InChI=1S/C27H30FN5O2S/c1-6-36(35,7-2)21-13-10-18(14-20(21)28)22-23-25(29)30-15-31-26(23)33(5)24(22)17-8-11-19(12-9-17)32-27(34)16(3)4/h8-15,20H,3,6-7H2,1-2,4-5H3,(H,32,34)(H2,29,30,31). The fraction of sp³-hybridized carbons (Fsp3) is 0.259. The number of aryl methyl sites for hydroxylation is 1. The number of allylic oxidation sites excluding steroid dienone is 4. The molecular weight excluding hydrogens is 477 g/mol. The van der Waals surface area contributed by atoms with E-state index >= 15 is 4.39 Å². The van der Waals surface area contributed by atoms with Gasteiger partial charge in [-0.25, -0.2) is 14.4 Å². The summed E-state index contributed by atoms with van der Waals surface area (Å²) in [6.45, 7) is 8.94. The van der Waals surface area contributed by atoms with Crippen LogP contribution in [-0.2, 0) is 21.4 Å². The number of aromatic nitrogens is 3. The number of hydrogen-bond acceptors (Lipinski definition) is 5. The molecule has 0 bridgehead atoms. The first kappa shape index (κ1) is 25.4. The molecule has 0 radical (unpaired) electrons. The lowest BCUT2D eigenvalue weighted by Crippen LogP contribution is -2.26. The molecule has 188 valence electrons. The number of nitrogen functional groups attached to an aromatic ring is 1. The summed E-state index contributed by atoms with van der Waals surface area (Å²) in [6, 6.07) is 7.32. The van der Waals surface area contributed by atoms with Crippen LogP contribution in [0.2, 0.25) is 0 Å². The van der Waals surface area contributed by atoms with Crippen molar-refractivity contribution in [3.63, 3.8) is 0 Å². The van der Waals surface area contributed by atoms with Gasteiger partial charge in [-0.15, -0.1) is 0 Å². The average molecular weight is 508 g/mol. The van der Waals surface area contributed by atoms with Gasteiger partial charge in [-0.3, -0.25) is 9.00 Å². The largest absolute Gasteiger partial charge is 0.383 e. The molecule has 3 N–H and O–H groups in total. The van der Waals surface area contributed by atoms with Crippen molar-refractivity contribution >= 4 is 48.4 Å². The minimum Gasteiger partial charge on any atom is -0.383 e. The lowest BCUT2D eigenvalue weighted by molar-refractivity contribution is -0.112. The summed E-state index contributed by atoms with van der Waals surface area (Å²) < 4.78 is 30.6. The molecule has 0 aliphatic heterocycles. The van der Waals surface area contributed by atoms with Crippen LogP contribution in [0.25, 0.3) is 27.9 Å². The number of alkyl halides is 1. The molecule has 0 saturated heterocycles. The molecule has 0 spiro atoms. The summed E-state index contributed by atoms with van der Waals surface area (Å²) >= 11 is 0. The van der Waals surface area contributed by atoms with Gasteiger partial charge >= 0.3 is 0 Å². The van der Waals surface area contributed by atoms with E-state index in [0.29, 0.717) is 49.8 Å².